The van der Waals surface area contributed by atoms with Gasteiger partial charge in [0.1, 0.15) is 5.69 Å². The van der Waals surface area contributed by atoms with Gasteiger partial charge >= 0.3 is 0 Å². The fourth-order valence-corrected chi connectivity index (χ4v) is 4.60. The Bertz CT molecular complexity index is 1210. The summed E-state index contributed by atoms with van der Waals surface area (Å²) >= 11 is 0. The third-order valence-corrected chi connectivity index (χ3v) is 6.08. The fourth-order valence-electron chi connectivity index (χ4n) is 4.60. The van der Waals surface area contributed by atoms with Crippen LogP contribution >= 0.6 is 0 Å². The van der Waals surface area contributed by atoms with Crippen molar-refractivity contribution in [3.8, 4) is 11.5 Å². The highest BCUT2D eigenvalue weighted by Crippen LogP contribution is 2.34. The number of hydrogen-bond acceptors (Lipinski definition) is 5. The van der Waals surface area contributed by atoms with Gasteiger partial charge in [-0.1, -0.05) is 12.8 Å². The lowest BCUT2D eigenvalue weighted by molar-refractivity contribution is 0.0683. The molecule has 1 amide bonds. The van der Waals surface area contributed by atoms with E-state index in [-0.39, 0.29) is 11.9 Å². The molecule has 0 saturated carbocycles. The molecule has 1 fully saturated rings. The van der Waals surface area contributed by atoms with Crippen LogP contribution in [-0.4, -0.2) is 37.1 Å². The standard InChI is InChI=1S/C24H25N5O2/c1-16-22-18(15-19(21-8-6-14-31-21)26-23(22)28(2)27-16)24(30)29-13-5-3-4-7-20(29)17-9-11-25-12-10-17/h6,8-12,14-15,20H,3-5,7,13H2,1-2H3. The van der Waals surface area contributed by atoms with Crippen molar-refractivity contribution >= 4 is 16.9 Å². The first-order valence-electron chi connectivity index (χ1n) is 10.7. The number of carbonyl (C=O) groups excluding carboxylic acids is 1. The number of furan rings is 1. The van der Waals surface area contributed by atoms with Crippen LogP contribution in [0.2, 0.25) is 0 Å². The van der Waals surface area contributed by atoms with Crippen molar-refractivity contribution in [2.24, 2.45) is 7.05 Å². The highest BCUT2D eigenvalue weighted by Gasteiger charge is 2.30. The van der Waals surface area contributed by atoms with E-state index in [9.17, 15) is 4.79 Å². The average Bonchev–Trinajstić information content (AvgIpc) is 3.34. The van der Waals surface area contributed by atoms with Crippen molar-refractivity contribution < 1.29 is 9.21 Å². The average molecular weight is 415 g/mol. The predicted octanol–water partition coefficient (Wildman–Crippen LogP) is 4.69. The molecule has 0 radical (unpaired) electrons. The number of carbonyl (C=O) groups is 1. The summed E-state index contributed by atoms with van der Waals surface area (Å²) in [5, 5.41) is 5.35. The largest absolute Gasteiger partial charge is 0.463 e. The molecule has 1 aliphatic rings. The maximum Gasteiger partial charge on any atom is 0.255 e. The minimum absolute atomic E-state index is 0.0139. The smallest absolute Gasteiger partial charge is 0.255 e. The number of aromatic nitrogens is 4. The van der Waals surface area contributed by atoms with Gasteiger partial charge in [-0.05, 0) is 55.7 Å². The molecular formula is C24H25N5O2. The fraction of sp³-hybridized carbons (Fsp3) is 0.333. The zero-order valence-corrected chi connectivity index (χ0v) is 17.8. The molecule has 5 heterocycles. The molecule has 1 aliphatic heterocycles. The highest BCUT2D eigenvalue weighted by molar-refractivity contribution is 6.07. The summed E-state index contributed by atoms with van der Waals surface area (Å²) in [5.74, 6) is 0.649. The molecule has 0 aliphatic carbocycles. The maximum atomic E-state index is 14.0. The molecule has 158 valence electrons. The highest BCUT2D eigenvalue weighted by atomic mass is 16.3. The Balaban J connectivity index is 1.65. The Morgan fingerprint density at radius 3 is 2.77 bits per heavy atom. The van der Waals surface area contributed by atoms with E-state index in [1.165, 1.54) is 0 Å². The van der Waals surface area contributed by atoms with Crippen LogP contribution in [-0.2, 0) is 7.05 Å². The Hall–Kier alpha value is -3.48. The maximum absolute atomic E-state index is 14.0. The second-order valence-corrected chi connectivity index (χ2v) is 8.08. The van der Waals surface area contributed by atoms with E-state index < -0.39 is 0 Å². The molecule has 1 atom stereocenters. The third kappa shape index (κ3) is 3.50. The first-order chi connectivity index (χ1) is 15.1. The van der Waals surface area contributed by atoms with Crippen LogP contribution in [0, 0.1) is 6.92 Å². The number of fused-ring (bicyclic) bond motifs is 1. The van der Waals surface area contributed by atoms with Gasteiger partial charge in [0.25, 0.3) is 5.91 Å². The second kappa shape index (κ2) is 7.98. The molecule has 4 aromatic heterocycles. The number of nitrogens with zero attached hydrogens (tertiary/aromatic N) is 5. The number of pyridine rings is 2. The number of aryl methyl sites for hydroxylation is 2. The Labute approximate surface area is 180 Å². The molecule has 31 heavy (non-hydrogen) atoms. The van der Waals surface area contributed by atoms with Gasteiger partial charge in [0.15, 0.2) is 11.4 Å². The quantitative estimate of drug-likeness (QED) is 0.485. The summed E-state index contributed by atoms with van der Waals surface area (Å²) in [4.78, 5) is 25.0. The van der Waals surface area contributed by atoms with Gasteiger partial charge in [-0.2, -0.15) is 5.10 Å². The van der Waals surface area contributed by atoms with E-state index in [0.717, 1.165) is 48.9 Å². The van der Waals surface area contributed by atoms with Gasteiger partial charge in [-0.3, -0.25) is 14.5 Å². The van der Waals surface area contributed by atoms with Crippen LogP contribution in [0.5, 0.6) is 0 Å². The van der Waals surface area contributed by atoms with Crippen molar-refractivity contribution in [3.63, 3.8) is 0 Å². The zero-order chi connectivity index (χ0) is 21.4. The van der Waals surface area contributed by atoms with E-state index in [1.54, 1.807) is 23.3 Å². The number of likely N-dealkylation sites (tertiary alicyclic amines) is 1. The summed E-state index contributed by atoms with van der Waals surface area (Å²) in [6, 6.07) is 9.60. The number of hydrogen-bond donors (Lipinski definition) is 0. The lowest BCUT2D eigenvalue weighted by Gasteiger charge is -2.31. The van der Waals surface area contributed by atoms with Gasteiger partial charge in [-0.25, -0.2) is 4.98 Å². The minimum atomic E-state index is 0.0139. The summed E-state index contributed by atoms with van der Waals surface area (Å²) in [7, 11) is 1.86. The third-order valence-electron chi connectivity index (χ3n) is 6.08. The van der Waals surface area contributed by atoms with E-state index >= 15 is 0 Å². The molecule has 7 nitrogen and oxygen atoms in total. The Morgan fingerprint density at radius 2 is 2.00 bits per heavy atom. The Kier molecular flexibility index (Phi) is 5.02. The molecule has 5 rings (SSSR count). The monoisotopic (exact) mass is 415 g/mol. The molecule has 1 unspecified atom stereocenters. The van der Waals surface area contributed by atoms with Crippen LogP contribution in [0.15, 0.2) is 53.4 Å². The van der Waals surface area contributed by atoms with Crippen LogP contribution in [0.4, 0.5) is 0 Å². The lowest BCUT2D eigenvalue weighted by Crippen LogP contribution is -2.35. The van der Waals surface area contributed by atoms with Crippen LogP contribution in [0.1, 0.15) is 53.3 Å². The SMILES string of the molecule is Cc1nn(C)c2nc(-c3ccco3)cc(C(=O)N3CCCCCC3c3ccncc3)c12. The first kappa shape index (κ1) is 19.5. The van der Waals surface area contributed by atoms with Crippen molar-refractivity contribution in [2.45, 2.75) is 38.6 Å². The predicted molar refractivity (Wildman–Crippen MR) is 117 cm³/mol. The lowest BCUT2D eigenvalue weighted by atomic mass is 10.00. The van der Waals surface area contributed by atoms with E-state index in [4.69, 9.17) is 9.40 Å². The van der Waals surface area contributed by atoms with E-state index in [2.05, 4.69) is 10.1 Å². The Morgan fingerprint density at radius 1 is 1.16 bits per heavy atom. The summed E-state index contributed by atoms with van der Waals surface area (Å²) in [5.41, 5.74) is 3.88. The number of rotatable bonds is 3. The molecule has 0 N–H and O–H groups in total. The summed E-state index contributed by atoms with van der Waals surface area (Å²) < 4.78 is 7.31. The van der Waals surface area contributed by atoms with E-state index in [1.807, 2.05) is 49.2 Å². The van der Waals surface area contributed by atoms with Gasteiger partial charge < -0.3 is 9.32 Å². The molecular weight excluding hydrogens is 390 g/mol. The number of amides is 1. The van der Waals surface area contributed by atoms with Crippen LogP contribution < -0.4 is 0 Å². The molecule has 0 bridgehead atoms. The normalized spacial score (nSPS) is 17.1. The van der Waals surface area contributed by atoms with Gasteiger partial charge in [0.2, 0.25) is 0 Å². The summed E-state index contributed by atoms with van der Waals surface area (Å²) in [6.45, 7) is 2.65. The molecule has 0 aromatic carbocycles. The minimum Gasteiger partial charge on any atom is -0.463 e. The second-order valence-electron chi connectivity index (χ2n) is 8.08. The molecule has 1 saturated heterocycles. The van der Waals surface area contributed by atoms with Gasteiger partial charge in [0, 0.05) is 26.0 Å². The van der Waals surface area contributed by atoms with Crippen molar-refractivity contribution in [1.29, 1.82) is 0 Å². The zero-order valence-electron chi connectivity index (χ0n) is 17.8. The topological polar surface area (TPSA) is 77.0 Å². The van der Waals surface area contributed by atoms with Gasteiger partial charge in [-0.15, -0.1) is 0 Å². The van der Waals surface area contributed by atoms with Crippen molar-refractivity contribution in [2.75, 3.05) is 6.54 Å². The van der Waals surface area contributed by atoms with E-state index in [0.29, 0.717) is 22.7 Å². The molecule has 4 aromatic rings. The van der Waals surface area contributed by atoms with Crippen molar-refractivity contribution in [1.82, 2.24) is 24.6 Å². The summed E-state index contributed by atoms with van der Waals surface area (Å²) in [6.07, 6.45) is 9.39. The molecule has 7 heteroatoms. The van der Waals surface area contributed by atoms with Gasteiger partial charge in [0.05, 0.1) is 28.9 Å². The van der Waals surface area contributed by atoms with Crippen molar-refractivity contribution in [3.05, 3.63) is 65.8 Å². The van der Waals surface area contributed by atoms with Crippen LogP contribution in [0.3, 0.4) is 0 Å². The van der Waals surface area contributed by atoms with Crippen LogP contribution in [0.25, 0.3) is 22.5 Å². The first-order valence-corrected chi connectivity index (χ1v) is 10.7. The molecule has 0 spiro atoms.